The Hall–Kier alpha value is -0.660. The largest absolute Gasteiger partial charge is 0.469 e. The highest BCUT2D eigenvalue weighted by Gasteiger charge is 2.28. The Kier molecular flexibility index (Phi) is 6.91. The summed E-state index contributed by atoms with van der Waals surface area (Å²) in [5.74, 6) is -0.316. The smallest absolute Gasteiger partial charge is 0.308 e. The molecule has 0 saturated heterocycles. The normalized spacial score (nSPS) is 23.8. The third-order valence-electron chi connectivity index (χ3n) is 3.41. The molecule has 0 aliphatic heterocycles. The van der Waals surface area contributed by atoms with Gasteiger partial charge in [-0.1, -0.05) is 0 Å². The van der Waals surface area contributed by atoms with E-state index in [9.17, 15) is 13.2 Å². The SMILES string of the molecule is COC(=O)C1CCC(NS(=O)(=O)CCOC(C)C)CC1. The monoisotopic (exact) mass is 307 g/mol. The number of rotatable bonds is 7. The minimum Gasteiger partial charge on any atom is -0.469 e. The van der Waals surface area contributed by atoms with E-state index >= 15 is 0 Å². The minimum absolute atomic E-state index is 0.0257. The lowest BCUT2D eigenvalue weighted by atomic mass is 9.86. The van der Waals surface area contributed by atoms with Crippen LogP contribution >= 0.6 is 0 Å². The number of carbonyl (C=O) groups is 1. The van der Waals surface area contributed by atoms with Crippen LogP contribution in [0.1, 0.15) is 39.5 Å². The maximum absolute atomic E-state index is 11.9. The predicted molar refractivity (Wildman–Crippen MR) is 75.8 cm³/mol. The lowest BCUT2D eigenvalue weighted by molar-refractivity contribution is -0.146. The van der Waals surface area contributed by atoms with Gasteiger partial charge in [0, 0.05) is 6.04 Å². The quantitative estimate of drug-likeness (QED) is 0.711. The van der Waals surface area contributed by atoms with Gasteiger partial charge in [0.2, 0.25) is 10.0 Å². The lowest BCUT2D eigenvalue weighted by Gasteiger charge is -2.27. The van der Waals surface area contributed by atoms with Gasteiger partial charge in [-0.2, -0.15) is 0 Å². The molecule has 0 unspecified atom stereocenters. The van der Waals surface area contributed by atoms with Gasteiger partial charge in [-0.3, -0.25) is 4.79 Å². The summed E-state index contributed by atoms with van der Waals surface area (Å²) in [5.41, 5.74) is 0. The number of hydrogen-bond donors (Lipinski definition) is 1. The van der Waals surface area contributed by atoms with Crippen LogP contribution in [0.15, 0.2) is 0 Å². The van der Waals surface area contributed by atoms with E-state index in [4.69, 9.17) is 9.47 Å². The molecular formula is C13H25NO5S. The number of sulfonamides is 1. The second-order valence-electron chi connectivity index (χ2n) is 5.43. The van der Waals surface area contributed by atoms with Crippen molar-refractivity contribution in [3.8, 4) is 0 Å². The topological polar surface area (TPSA) is 81.7 Å². The molecule has 0 aromatic heterocycles. The summed E-state index contributed by atoms with van der Waals surface area (Å²) in [6.45, 7) is 3.94. The maximum atomic E-state index is 11.9. The van der Waals surface area contributed by atoms with Crippen LogP contribution in [0.5, 0.6) is 0 Å². The zero-order valence-corrected chi connectivity index (χ0v) is 13.2. The molecule has 0 bridgehead atoms. The number of hydrogen-bond acceptors (Lipinski definition) is 5. The van der Waals surface area contributed by atoms with E-state index in [0.29, 0.717) is 25.7 Å². The average Bonchev–Trinajstić information content (AvgIpc) is 2.37. The summed E-state index contributed by atoms with van der Waals surface area (Å²) in [4.78, 5) is 11.4. The molecule has 1 rings (SSSR count). The molecule has 0 radical (unpaired) electrons. The third kappa shape index (κ3) is 6.19. The van der Waals surface area contributed by atoms with Crippen LogP contribution in [0.4, 0.5) is 0 Å². The summed E-state index contributed by atoms with van der Waals surface area (Å²) >= 11 is 0. The fourth-order valence-electron chi connectivity index (χ4n) is 2.32. The summed E-state index contributed by atoms with van der Waals surface area (Å²) in [6, 6.07) is -0.0834. The van der Waals surface area contributed by atoms with E-state index in [2.05, 4.69) is 4.72 Å². The van der Waals surface area contributed by atoms with Gasteiger partial charge in [0.1, 0.15) is 0 Å². The van der Waals surface area contributed by atoms with Crippen molar-refractivity contribution in [3.05, 3.63) is 0 Å². The molecule has 20 heavy (non-hydrogen) atoms. The zero-order chi connectivity index (χ0) is 15.2. The van der Waals surface area contributed by atoms with E-state index in [-0.39, 0.29) is 36.4 Å². The van der Waals surface area contributed by atoms with Crippen molar-refractivity contribution in [2.24, 2.45) is 5.92 Å². The molecular weight excluding hydrogens is 282 g/mol. The second-order valence-corrected chi connectivity index (χ2v) is 7.30. The summed E-state index contributed by atoms with van der Waals surface area (Å²) in [5, 5.41) is 0. The molecule has 0 atom stereocenters. The van der Waals surface area contributed by atoms with Crippen molar-refractivity contribution in [2.75, 3.05) is 19.5 Å². The van der Waals surface area contributed by atoms with Gasteiger partial charge in [0.05, 0.1) is 31.5 Å². The molecule has 0 amide bonds. The molecule has 1 N–H and O–H groups in total. The van der Waals surface area contributed by atoms with E-state index in [1.165, 1.54) is 7.11 Å². The molecule has 118 valence electrons. The Morgan fingerprint density at radius 3 is 2.35 bits per heavy atom. The molecule has 0 aromatic rings. The fourth-order valence-corrected chi connectivity index (χ4v) is 3.50. The molecule has 7 heteroatoms. The zero-order valence-electron chi connectivity index (χ0n) is 12.4. The van der Waals surface area contributed by atoms with Crippen LogP contribution in [0.2, 0.25) is 0 Å². The first-order valence-electron chi connectivity index (χ1n) is 7.03. The van der Waals surface area contributed by atoms with Crippen LogP contribution < -0.4 is 4.72 Å². The van der Waals surface area contributed by atoms with E-state index in [1.807, 2.05) is 13.8 Å². The van der Waals surface area contributed by atoms with Crippen molar-refractivity contribution < 1.29 is 22.7 Å². The number of esters is 1. The molecule has 1 fully saturated rings. The van der Waals surface area contributed by atoms with Crippen molar-refractivity contribution in [1.29, 1.82) is 0 Å². The molecule has 1 aliphatic carbocycles. The summed E-state index contributed by atoms with van der Waals surface area (Å²) in [7, 11) is -1.93. The van der Waals surface area contributed by atoms with Crippen molar-refractivity contribution in [2.45, 2.75) is 51.7 Å². The van der Waals surface area contributed by atoms with Crippen LogP contribution in [0.3, 0.4) is 0 Å². The fraction of sp³-hybridized carbons (Fsp3) is 0.923. The van der Waals surface area contributed by atoms with E-state index in [0.717, 1.165) is 0 Å². The first kappa shape index (κ1) is 17.4. The lowest BCUT2D eigenvalue weighted by Crippen LogP contribution is -2.40. The predicted octanol–water partition coefficient (Wildman–Crippen LogP) is 1.06. The van der Waals surface area contributed by atoms with Gasteiger partial charge in [-0.15, -0.1) is 0 Å². The summed E-state index contributed by atoms with van der Waals surface area (Å²) in [6.07, 6.45) is 2.71. The summed E-state index contributed by atoms with van der Waals surface area (Å²) < 4.78 is 36.4. The molecule has 0 heterocycles. The van der Waals surface area contributed by atoms with Crippen LogP contribution in [0, 0.1) is 5.92 Å². The van der Waals surface area contributed by atoms with Gasteiger partial charge in [0.25, 0.3) is 0 Å². The minimum atomic E-state index is -3.31. The molecule has 6 nitrogen and oxygen atoms in total. The van der Waals surface area contributed by atoms with Crippen molar-refractivity contribution >= 4 is 16.0 Å². The van der Waals surface area contributed by atoms with Gasteiger partial charge in [-0.25, -0.2) is 13.1 Å². The number of ether oxygens (including phenoxy) is 2. The van der Waals surface area contributed by atoms with Gasteiger partial charge in [0.15, 0.2) is 0 Å². The Morgan fingerprint density at radius 2 is 1.85 bits per heavy atom. The number of methoxy groups -OCH3 is 1. The van der Waals surface area contributed by atoms with E-state index < -0.39 is 10.0 Å². The molecule has 0 spiro atoms. The molecule has 0 aromatic carbocycles. The standard InChI is InChI=1S/C13H25NO5S/c1-10(2)19-8-9-20(16,17)14-12-6-4-11(5-7-12)13(15)18-3/h10-12,14H,4-9H2,1-3H3. The Morgan fingerprint density at radius 1 is 1.25 bits per heavy atom. The Balaban J connectivity index is 2.33. The van der Waals surface area contributed by atoms with Crippen molar-refractivity contribution in [3.63, 3.8) is 0 Å². The third-order valence-corrected chi connectivity index (χ3v) is 4.81. The van der Waals surface area contributed by atoms with Crippen LogP contribution in [0.25, 0.3) is 0 Å². The van der Waals surface area contributed by atoms with Gasteiger partial charge in [-0.05, 0) is 39.5 Å². The highest BCUT2D eigenvalue weighted by molar-refractivity contribution is 7.89. The first-order chi connectivity index (χ1) is 9.34. The van der Waals surface area contributed by atoms with Crippen LogP contribution in [-0.4, -0.2) is 46.0 Å². The van der Waals surface area contributed by atoms with Gasteiger partial charge < -0.3 is 9.47 Å². The van der Waals surface area contributed by atoms with Gasteiger partial charge >= 0.3 is 5.97 Å². The number of carbonyl (C=O) groups excluding carboxylic acids is 1. The first-order valence-corrected chi connectivity index (χ1v) is 8.68. The van der Waals surface area contributed by atoms with Crippen LogP contribution in [-0.2, 0) is 24.3 Å². The van der Waals surface area contributed by atoms with E-state index in [1.54, 1.807) is 0 Å². The molecule has 1 aliphatic rings. The highest BCUT2D eigenvalue weighted by atomic mass is 32.2. The maximum Gasteiger partial charge on any atom is 0.308 e. The Bertz CT molecular complexity index is 399. The Labute approximate surface area is 121 Å². The number of nitrogens with one attached hydrogen (secondary N) is 1. The average molecular weight is 307 g/mol. The van der Waals surface area contributed by atoms with Crippen molar-refractivity contribution in [1.82, 2.24) is 4.72 Å². The second kappa shape index (κ2) is 7.95. The highest BCUT2D eigenvalue weighted by Crippen LogP contribution is 2.25. The molecule has 1 saturated carbocycles.